The summed E-state index contributed by atoms with van der Waals surface area (Å²) >= 11 is 2.06. The summed E-state index contributed by atoms with van der Waals surface area (Å²) in [7, 11) is 0. The number of carbonyl (C=O) groups is 3. The van der Waals surface area contributed by atoms with Crippen LogP contribution in [0.1, 0.15) is 19.3 Å². The van der Waals surface area contributed by atoms with Crippen LogP contribution in [0.2, 0.25) is 0 Å². The van der Waals surface area contributed by atoms with Crippen molar-refractivity contribution >= 4 is 46.0 Å². The minimum absolute atomic E-state index is 0.128. The number of amides is 2. The smallest absolute Gasteiger partial charge is 0.313 e. The molecule has 1 aliphatic rings. The number of carbonyl (C=O) groups excluding carboxylic acids is 2. The number of nitrogens with zero attached hydrogens (tertiary/aromatic N) is 3. The summed E-state index contributed by atoms with van der Waals surface area (Å²) in [5.41, 5.74) is 0. The quantitative estimate of drug-likeness (QED) is 0.495. The fourth-order valence-electron chi connectivity index (χ4n) is 1.44. The second kappa shape index (κ2) is 5.44. The van der Waals surface area contributed by atoms with E-state index in [2.05, 4.69) is 10.2 Å². The van der Waals surface area contributed by atoms with Crippen molar-refractivity contribution in [1.82, 2.24) is 10.2 Å². The van der Waals surface area contributed by atoms with Crippen LogP contribution < -0.4 is 4.90 Å². The molecule has 1 saturated heterocycles. The lowest BCUT2D eigenvalue weighted by Crippen LogP contribution is -2.40. The van der Waals surface area contributed by atoms with E-state index in [1.807, 2.05) is 0 Å². The van der Waals surface area contributed by atoms with Gasteiger partial charge in [-0.2, -0.15) is 0 Å². The summed E-state index contributed by atoms with van der Waals surface area (Å²) in [5, 5.41) is 16.3. The van der Waals surface area contributed by atoms with Gasteiger partial charge in [0.25, 0.3) is 0 Å². The summed E-state index contributed by atoms with van der Waals surface area (Å²) in [5.74, 6) is -1.65. The Morgan fingerprint density at radius 1 is 1.33 bits per heavy atom. The molecule has 0 aliphatic carbocycles. The van der Waals surface area contributed by atoms with E-state index in [0.717, 1.165) is 28.0 Å². The van der Waals surface area contributed by atoms with Crippen molar-refractivity contribution in [2.75, 3.05) is 10.7 Å². The second-order valence-corrected chi connectivity index (χ2v) is 5.69. The summed E-state index contributed by atoms with van der Waals surface area (Å²) in [6.45, 7) is 0. The van der Waals surface area contributed by atoms with Crippen LogP contribution in [0.5, 0.6) is 0 Å². The van der Waals surface area contributed by atoms with E-state index in [1.165, 1.54) is 0 Å². The Labute approximate surface area is 110 Å². The number of hydrogen-bond acceptors (Lipinski definition) is 7. The third kappa shape index (κ3) is 2.85. The number of anilines is 1. The molecule has 0 bridgehead atoms. The van der Waals surface area contributed by atoms with Gasteiger partial charge in [-0.25, -0.2) is 4.90 Å². The largest absolute Gasteiger partial charge is 0.481 e. The number of rotatable bonds is 4. The molecule has 0 saturated carbocycles. The number of thioether (sulfide) groups is 1. The number of carboxylic acids is 1. The molecule has 9 heteroatoms. The van der Waals surface area contributed by atoms with Gasteiger partial charge in [-0.05, 0) is 6.42 Å². The third-order valence-electron chi connectivity index (χ3n) is 2.19. The van der Waals surface area contributed by atoms with Crippen LogP contribution >= 0.6 is 23.1 Å². The molecular weight excluding hydrogens is 278 g/mol. The maximum Gasteiger partial charge on any atom is 0.313 e. The molecule has 0 atom stereocenters. The van der Waals surface area contributed by atoms with E-state index in [4.69, 9.17) is 5.11 Å². The van der Waals surface area contributed by atoms with Crippen LogP contribution in [0.4, 0.5) is 5.13 Å². The van der Waals surface area contributed by atoms with Gasteiger partial charge in [0.2, 0.25) is 16.9 Å². The molecule has 18 heavy (non-hydrogen) atoms. The van der Waals surface area contributed by atoms with Gasteiger partial charge in [0.15, 0.2) is 4.34 Å². The summed E-state index contributed by atoms with van der Waals surface area (Å²) in [6.07, 6.45) is 1.21. The van der Waals surface area contributed by atoms with Gasteiger partial charge in [0.1, 0.15) is 0 Å². The van der Waals surface area contributed by atoms with Gasteiger partial charge in [-0.1, -0.05) is 23.1 Å². The average molecular weight is 287 g/mol. The zero-order chi connectivity index (χ0) is 13.1. The first-order valence-corrected chi connectivity index (χ1v) is 6.92. The summed E-state index contributed by atoms with van der Waals surface area (Å²) < 4.78 is 0.429. The van der Waals surface area contributed by atoms with Crippen molar-refractivity contribution in [3.63, 3.8) is 0 Å². The van der Waals surface area contributed by atoms with E-state index < -0.39 is 5.97 Å². The number of aliphatic carboxylic acids is 1. The minimum Gasteiger partial charge on any atom is -0.481 e. The van der Waals surface area contributed by atoms with Crippen LogP contribution in [0.25, 0.3) is 0 Å². The van der Waals surface area contributed by atoms with Gasteiger partial charge in [0.05, 0.1) is 5.75 Å². The number of carboxylic acid groups (broad SMARTS) is 1. The normalized spacial score (nSPS) is 16.1. The highest BCUT2D eigenvalue weighted by atomic mass is 32.2. The molecule has 1 aromatic rings. The maximum absolute atomic E-state index is 11.6. The van der Waals surface area contributed by atoms with E-state index >= 15 is 0 Å². The third-order valence-corrected chi connectivity index (χ3v) is 4.21. The van der Waals surface area contributed by atoms with Crippen molar-refractivity contribution in [3.8, 4) is 0 Å². The van der Waals surface area contributed by atoms with Gasteiger partial charge >= 0.3 is 5.97 Å². The zero-order valence-electron chi connectivity index (χ0n) is 9.16. The highest BCUT2D eigenvalue weighted by molar-refractivity contribution is 8.01. The number of aromatic nitrogens is 2. The second-order valence-electron chi connectivity index (χ2n) is 3.51. The van der Waals surface area contributed by atoms with Crippen molar-refractivity contribution in [3.05, 3.63) is 0 Å². The Kier molecular flexibility index (Phi) is 3.92. The standard InChI is InChI=1S/C9H9N3O4S2/c13-5-2-1-3-6(14)12(5)8-10-11-9(18-8)17-4-7(15)16/h1-4H2,(H,15,16). The van der Waals surface area contributed by atoms with Crippen LogP contribution in [0, 0.1) is 0 Å². The Balaban J connectivity index is 2.11. The first kappa shape index (κ1) is 13.0. The Morgan fingerprint density at radius 2 is 2.00 bits per heavy atom. The molecule has 0 aromatic carbocycles. The predicted molar refractivity (Wildman–Crippen MR) is 64.6 cm³/mol. The summed E-state index contributed by atoms with van der Waals surface area (Å²) in [4.78, 5) is 34.7. The molecule has 1 fully saturated rings. The Hall–Kier alpha value is -1.48. The van der Waals surface area contributed by atoms with Crippen LogP contribution in [0.15, 0.2) is 4.34 Å². The van der Waals surface area contributed by atoms with E-state index in [0.29, 0.717) is 23.6 Å². The molecule has 2 amide bonds. The molecule has 0 unspecified atom stereocenters. The average Bonchev–Trinajstić information content (AvgIpc) is 2.75. The number of hydrogen-bond donors (Lipinski definition) is 1. The molecule has 2 rings (SSSR count). The monoisotopic (exact) mass is 287 g/mol. The topological polar surface area (TPSA) is 100 Å². The van der Waals surface area contributed by atoms with Gasteiger partial charge < -0.3 is 5.11 Å². The van der Waals surface area contributed by atoms with E-state index in [-0.39, 0.29) is 22.7 Å². The van der Waals surface area contributed by atoms with Gasteiger partial charge in [-0.3, -0.25) is 14.4 Å². The molecule has 96 valence electrons. The van der Waals surface area contributed by atoms with E-state index in [9.17, 15) is 14.4 Å². The maximum atomic E-state index is 11.6. The summed E-state index contributed by atoms with van der Waals surface area (Å²) in [6, 6.07) is 0. The highest BCUT2D eigenvalue weighted by Gasteiger charge is 2.30. The molecule has 1 aromatic heterocycles. The Bertz CT molecular complexity index is 486. The molecule has 7 nitrogen and oxygen atoms in total. The lowest BCUT2D eigenvalue weighted by atomic mass is 10.1. The van der Waals surface area contributed by atoms with Crippen molar-refractivity contribution in [2.45, 2.75) is 23.6 Å². The molecule has 0 spiro atoms. The fraction of sp³-hybridized carbons (Fsp3) is 0.444. The van der Waals surface area contributed by atoms with Crippen molar-refractivity contribution in [2.24, 2.45) is 0 Å². The lowest BCUT2D eigenvalue weighted by Gasteiger charge is -2.21. The fourth-order valence-corrected chi connectivity index (χ4v) is 3.04. The molecular formula is C9H9N3O4S2. The predicted octanol–water partition coefficient (Wildman–Crippen LogP) is 0.758. The first-order chi connectivity index (χ1) is 8.58. The van der Waals surface area contributed by atoms with Crippen molar-refractivity contribution in [1.29, 1.82) is 0 Å². The van der Waals surface area contributed by atoms with Crippen molar-refractivity contribution < 1.29 is 19.5 Å². The minimum atomic E-state index is -0.957. The molecule has 2 heterocycles. The van der Waals surface area contributed by atoms with Crippen LogP contribution in [0.3, 0.4) is 0 Å². The highest BCUT2D eigenvalue weighted by Crippen LogP contribution is 2.30. The van der Waals surface area contributed by atoms with Gasteiger partial charge in [0, 0.05) is 12.8 Å². The number of piperidine rings is 1. The van der Waals surface area contributed by atoms with Crippen LogP contribution in [-0.2, 0) is 14.4 Å². The lowest BCUT2D eigenvalue weighted by molar-refractivity contribution is -0.134. The first-order valence-electron chi connectivity index (χ1n) is 5.12. The number of imide groups is 1. The van der Waals surface area contributed by atoms with Crippen LogP contribution in [-0.4, -0.2) is 38.8 Å². The zero-order valence-corrected chi connectivity index (χ0v) is 10.8. The van der Waals surface area contributed by atoms with Gasteiger partial charge in [-0.15, -0.1) is 10.2 Å². The molecule has 1 N–H and O–H groups in total. The SMILES string of the molecule is O=C(O)CSc1nnc(N2C(=O)CCCC2=O)s1. The van der Waals surface area contributed by atoms with E-state index in [1.54, 1.807) is 0 Å². The molecule has 1 aliphatic heterocycles. The molecule has 0 radical (unpaired) electrons. The Morgan fingerprint density at radius 3 is 2.61 bits per heavy atom.